The minimum Gasteiger partial charge on any atom is -0.506 e. The van der Waals surface area contributed by atoms with E-state index in [4.69, 9.17) is 16.9 Å². The third kappa shape index (κ3) is 3.75. The molecule has 0 saturated carbocycles. The molecule has 2 amide bonds. The van der Waals surface area contributed by atoms with Gasteiger partial charge in [0.15, 0.2) is 0 Å². The monoisotopic (exact) mass is 315 g/mol. The summed E-state index contributed by atoms with van der Waals surface area (Å²) in [6, 6.07) is 12.0. The van der Waals surface area contributed by atoms with Gasteiger partial charge in [-0.1, -0.05) is 11.6 Å². The smallest absolute Gasteiger partial charge is 0.314 e. The molecule has 0 fully saturated rings. The standard InChI is InChI=1S/C15H10ClN3O3/c16-10-3-6-13(20)12(7-10)19-15(22)14(21)18-11-4-1-9(8-17)2-5-11/h1-7,20H,(H,18,21)(H,19,22). The number of carbonyl (C=O) groups excluding carboxylic acids is 2. The summed E-state index contributed by atoms with van der Waals surface area (Å²) in [5.74, 6) is -2.07. The molecule has 0 radical (unpaired) electrons. The second kappa shape index (κ2) is 6.61. The summed E-state index contributed by atoms with van der Waals surface area (Å²) < 4.78 is 0. The van der Waals surface area contributed by atoms with Gasteiger partial charge in [0.25, 0.3) is 0 Å². The van der Waals surface area contributed by atoms with Gasteiger partial charge in [0.05, 0.1) is 17.3 Å². The average Bonchev–Trinajstić information content (AvgIpc) is 2.51. The number of rotatable bonds is 2. The van der Waals surface area contributed by atoms with Crippen molar-refractivity contribution in [3.05, 3.63) is 53.1 Å². The molecule has 0 bridgehead atoms. The molecule has 7 heteroatoms. The molecule has 0 saturated heterocycles. The molecule has 110 valence electrons. The Bertz CT molecular complexity index is 767. The number of nitrogens with zero attached hydrogens (tertiary/aromatic N) is 1. The van der Waals surface area contributed by atoms with Crippen LogP contribution in [0, 0.1) is 11.3 Å². The topological polar surface area (TPSA) is 102 Å². The van der Waals surface area contributed by atoms with Crippen LogP contribution in [0.15, 0.2) is 42.5 Å². The SMILES string of the molecule is N#Cc1ccc(NC(=O)C(=O)Nc2cc(Cl)ccc2O)cc1. The predicted octanol–water partition coefficient (Wildman–Crippen LogP) is 2.49. The van der Waals surface area contributed by atoms with Crippen molar-refractivity contribution in [2.45, 2.75) is 0 Å². The van der Waals surface area contributed by atoms with Crippen molar-refractivity contribution >= 4 is 34.8 Å². The van der Waals surface area contributed by atoms with Crippen LogP contribution in [0.2, 0.25) is 5.02 Å². The van der Waals surface area contributed by atoms with Crippen LogP contribution >= 0.6 is 11.6 Å². The first-order valence-electron chi connectivity index (χ1n) is 6.10. The van der Waals surface area contributed by atoms with Crippen LogP contribution in [-0.2, 0) is 9.59 Å². The number of hydrogen-bond donors (Lipinski definition) is 3. The molecule has 0 unspecified atom stereocenters. The molecule has 0 spiro atoms. The summed E-state index contributed by atoms with van der Waals surface area (Å²) in [5, 5.41) is 23.2. The number of carbonyl (C=O) groups is 2. The van der Waals surface area contributed by atoms with Gasteiger partial charge in [0.1, 0.15) is 5.75 Å². The van der Waals surface area contributed by atoms with Gasteiger partial charge in [-0.05, 0) is 42.5 Å². The Hall–Kier alpha value is -3.04. The van der Waals surface area contributed by atoms with Gasteiger partial charge in [-0.2, -0.15) is 5.26 Å². The fourth-order valence-electron chi connectivity index (χ4n) is 1.60. The van der Waals surface area contributed by atoms with E-state index in [2.05, 4.69) is 10.6 Å². The average molecular weight is 316 g/mol. The van der Waals surface area contributed by atoms with E-state index in [0.29, 0.717) is 16.3 Å². The van der Waals surface area contributed by atoms with Crippen molar-refractivity contribution < 1.29 is 14.7 Å². The van der Waals surface area contributed by atoms with Gasteiger partial charge < -0.3 is 15.7 Å². The predicted molar refractivity (Wildman–Crippen MR) is 81.5 cm³/mol. The summed E-state index contributed by atoms with van der Waals surface area (Å²) in [6.45, 7) is 0. The molecule has 2 rings (SSSR count). The Morgan fingerprint density at radius 1 is 1.05 bits per heavy atom. The first-order valence-corrected chi connectivity index (χ1v) is 6.48. The minimum absolute atomic E-state index is 0.0347. The Morgan fingerprint density at radius 3 is 2.32 bits per heavy atom. The van der Waals surface area contributed by atoms with Crippen molar-refractivity contribution in [3.63, 3.8) is 0 Å². The molecule has 2 aromatic carbocycles. The number of amides is 2. The summed E-state index contributed by atoms with van der Waals surface area (Å²) in [4.78, 5) is 23.5. The lowest BCUT2D eigenvalue weighted by atomic mass is 10.2. The molecule has 22 heavy (non-hydrogen) atoms. The van der Waals surface area contributed by atoms with Gasteiger partial charge in [-0.15, -0.1) is 0 Å². The van der Waals surface area contributed by atoms with E-state index >= 15 is 0 Å². The zero-order chi connectivity index (χ0) is 16.1. The van der Waals surface area contributed by atoms with E-state index in [9.17, 15) is 14.7 Å². The van der Waals surface area contributed by atoms with E-state index in [1.54, 1.807) is 0 Å². The lowest BCUT2D eigenvalue weighted by Gasteiger charge is -2.08. The molecule has 2 aromatic rings. The van der Waals surface area contributed by atoms with Crippen molar-refractivity contribution in [2.75, 3.05) is 10.6 Å². The van der Waals surface area contributed by atoms with Crippen molar-refractivity contribution in [1.82, 2.24) is 0 Å². The molecular weight excluding hydrogens is 306 g/mol. The number of phenols is 1. The van der Waals surface area contributed by atoms with E-state index in [1.807, 2.05) is 6.07 Å². The maximum Gasteiger partial charge on any atom is 0.314 e. The second-order valence-electron chi connectivity index (χ2n) is 4.26. The first-order chi connectivity index (χ1) is 10.5. The van der Waals surface area contributed by atoms with E-state index in [1.165, 1.54) is 42.5 Å². The zero-order valence-corrected chi connectivity index (χ0v) is 11.9. The summed E-state index contributed by atoms with van der Waals surface area (Å²) in [6.07, 6.45) is 0. The lowest BCUT2D eigenvalue weighted by Crippen LogP contribution is -2.29. The van der Waals surface area contributed by atoms with Gasteiger partial charge in [-0.3, -0.25) is 9.59 Å². The highest BCUT2D eigenvalue weighted by Gasteiger charge is 2.16. The molecule has 0 aliphatic carbocycles. The minimum atomic E-state index is -0.957. The highest BCUT2D eigenvalue weighted by molar-refractivity contribution is 6.44. The van der Waals surface area contributed by atoms with Crippen molar-refractivity contribution in [1.29, 1.82) is 5.26 Å². The van der Waals surface area contributed by atoms with Gasteiger partial charge >= 0.3 is 11.8 Å². The van der Waals surface area contributed by atoms with Crippen LogP contribution in [0.1, 0.15) is 5.56 Å². The normalized spacial score (nSPS) is 9.64. The molecule has 0 atom stereocenters. The summed E-state index contributed by atoms with van der Waals surface area (Å²) in [5.41, 5.74) is 0.841. The fraction of sp³-hybridized carbons (Fsp3) is 0. The van der Waals surface area contributed by atoms with Crippen LogP contribution in [0.25, 0.3) is 0 Å². The van der Waals surface area contributed by atoms with Crippen molar-refractivity contribution in [3.8, 4) is 11.8 Å². The molecule has 6 nitrogen and oxygen atoms in total. The second-order valence-corrected chi connectivity index (χ2v) is 4.70. The van der Waals surface area contributed by atoms with E-state index in [-0.39, 0.29) is 11.4 Å². The quantitative estimate of drug-likeness (QED) is 0.585. The van der Waals surface area contributed by atoms with Gasteiger partial charge in [0.2, 0.25) is 0 Å². The highest BCUT2D eigenvalue weighted by atomic mass is 35.5. The molecule has 0 aromatic heterocycles. The summed E-state index contributed by atoms with van der Waals surface area (Å²) in [7, 11) is 0. The molecule has 0 heterocycles. The maximum absolute atomic E-state index is 11.8. The van der Waals surface area contributed by atoms with Crippen LogP contribution in [0.5, 0.6) is 5.75 Å². The number of aromatic hydroxyl groups is 1. The Balaban J connectivity index is 2.04. The maximum atomic E-state index is 11.8. The number of nitriles is 1. The number of halogens is 1. The number of anilines is 2. The molecule has 3 N–H and O–H groups in total. The number of benzene rings is 2. The highest BCUT2D eigenvalue weighted by Crippen LogP contribution is 2.26. The fourth-order valence-corrected chi connectivity index (χ4v) is 1.78. The van der Waals surface area contributed by atoms with Crippen LogP contribution in [-0.4, -0.2) is 16.9 Å². The Labute approximate surface area is 130 Å². The van der Waals surface area contributed by atoms with E-state index in [0.717, 1.165) is 0 Å². The third-order valence-electron chi connectivity index (χ3n) is 2.68. The molecule has 0 aliphatic heterocycles. The number of phenolic OH excluding ortho intramolecular Hbond substituents is 1. The number of nitrogens with one attached hydrogen (secondary N) is 2. The van der Waals surface area contributed by atoms with Gasteiger partial charge in [-0.25, -0.2) is 0 Å². The lowest BCUT2D eigenvalue weighted by molar-refractivity contribution is -0.133. The van der Waals surface area contributed by atoms with E-state index < -0.39 is 11.8 Å². The Kier molecular flexibility index (Phi) is 4.61. The Morgan fingerprint density at radius 2 is 1.68 bits per heavy atom. The van der Waals surface area contributed by atoms with Crippen LogP contribution in [0.4, 0.5) is 11.4 Å². The zero-order valence-electron chi connectivity index (χ0n) is 11.1. The largest absolute Gasteiger partial charge is 0.506 e. The van der Waals surface area contributed by atoms with Crippen LogP contribution in [0.3, 0.4) is 0 Å². The molecule has 0 aliphatic rings. The first kappa shape index (κ1) is 15.4. The molecular formula is C15H10ClN3O3. The van der Waals surface area contributed by atoms with Gasteiger partial charge in [0, 0.05) is 10.7 Å². The third-order valence-corrected chi connectivity index (χ3v) is 2.92. The summed E-state index contributed by atoms with van der Waals surface area (Å²) >= 11 is 5.75. The van der Waals surface area contributed by atoms with Crippen LogP contribution < -0.4 is 10.6 Å². The van der Waals surface area contributed by atoms with Crippen molar-refractivity contribution in [2.24, 2.45) is 0 Å². The number of hydrogen-bond acceptors (Lipinski definition) is 4.